The summed E-state index contributed by atoms with van der Waals surface area (Å²) < 4.78 is 5.37. The molecule has 0 N–H and O–H groups in total. The molecular weight excluding hydrogens is 188 g/mol. The molecule has 2 nitrogen and oxygen atoms in total. The predicted octanol–water partition coefficient (Wildman–Crippen LogP) is 3.00. The highest BCUT2D eigenvalue weighted by Gasteiger charge is 2.01. The molecule has 0 atom stereocenters. The van der Waals surface area contributed by atoms with Gasteiger partial charge in [0.2, 0.25) is 0 Å². The van der Waals surface area contributed by atoms with Crippen molar-refractivity contribution in [2.75, 3.05) is 6.61 Å². The molecule has 0 aliphatic rings. The maximum Gasteiger partial charge on any atom is 0.170 e. The number of carbonyl (C=O) groups is 1. The standard InChI is InChI=1S/C13H18O2/c1-3-5-12(14)10-15-13-8-6-11(4-2)7-9-13/h6-9H,3-5,10H2,1-2H3. The molecule has 82 valence electrons. The Balaban J connectivity index is 2.40. The van der Waals surface area contributed by atoms with E-state index in [1.165, 1.54) is 5.56 Å². The molecule has 0 amide bonds. The predicted molar refractivity (Wildman–Crippen MR) is 61.2 cm³/mol. The zero-order valence-electron chi connectivity index (χ0n) is 9.45. The quantitative estimate of drug-likeness (QED) is 0.715. The van der Waals surface area contributed by atoms with Gasteiger partial charge in [0, 0.05) is 6.42 Å². The van der Waals surface area contributed by atoms with Gasteiger partial charge in [-0.25, -0.2) is 0 Å². The van der Waals surface area contributed by atoms with Crippen LogP contribution in [0, 0.1) is 0 Å². The minimum Gasteiger partial charge on any atom is -0.486 e. The van der Waals surface area contributed by atoms with Gasteiger partial charge >= 0.3 is 0 Å². The van der Waals surface area contributed by atoms with Gasteiger partial charge in [-0.2, -0.15) is 0 Å². The molecule has 0 bridgehead atoms. The number of hydrogen-bond acceptors (Lipinski definition) is 2. The van der Waals surface area contributed by atoms with Crippen LogP contribution in [0.1, 0.15) is 32.3 Å². The number of benzene rings is 1. The van der Waals surface area contributed by atoms with Crippen LogP contribution in [0.2, 0.25) is 0 Å². The van der Waals surface area contributed by atoms with Gasteiger partial charge in [0.15, 0.2) is 5.78 Å². The Bertz CT molecular complexity index is 301. The number of ketones is 1. The van der Waals surface area contributed by atoms with Crippen LogP contribution < -0.4 is 4.74 Å². The average molecular weight is 206 g/mol. The minimum absolute atomic E-state index is 0.164. The van der Waals surface area contributed by atoms with Crippen molar-refractivity contribution in [2.45, 2.75) is 33.1 Å². The van der Waals surface area contributed by atoms with Gasteiger partial charge in [-0.3, -0.25) is 4.79 Å². The second-order valence-corrected chi connectivity index (χ2v) is 3.57. The maximum absolute atomic E-state index is 11.2. The van der Waals surface area contributed by atoms with E-state index in [4.69, 9.17) is 4.74 Å². The molecule has 0 heterocycles. The number of rotatable bonds is 6. The highest BCUT2D eigenvalue weighted by Crippen LogP contribution is 2.12. The Kier molecular flexibility index (Phi) is 4.88. The van der Waals surface area contributed by atoms with Crippen molar-refractivity contribution in [2.24, 2.45) is 0 Å². The Labute approximate surface area is 91.3 Å². The molecule has 1 aromatic carbocycles. The third kappa shape index (κ3) is 4.15. The molecule has 0 aliphatic carbocycles. The van der Waals surface area contributed by atoms with Crippen molar-refractivity contribution in [1.82, 2.24) is 0 Å². The Hall–Kier alpha value is -1.31. The van der Waals surface area contributed by atoms with Crippen LogP contribution in [-0.2, 0) is 11.2 Å². The second-order valence-electron chi connectivity index (χ2n) is 3.57. The van der Waals surface area contributed by atoms with E-state index in [-0.39, 0.29) is 12.4 Å². The van der Waals surface area contributed by atoms with Gasteiger partial charge in [-0.15, -0.1) is 0 Å². The van der Waals surface area contributed by atoms with Crippen LogP contribution in [0.5, 0.6) is 5.75 Å². The number of aryl methyl sites for hydroxylation is 1. The van der Waals surface area contributed by atoms with E-state index in [0.717, 1.165) is 18.6 Å². The summed E-state index contributed by atoms with van der Waals surface area (Å²) in [6.07, 6.45) is 2.51. The zero-order chi connectivity index (χ0) is 11.1. The fourth-order valence-corrected chi connectivity index (χ4v) is 1.34. The lowest BCUT2D eigenvalue weighted by Gasteiger charge is -2.05. The zero-order valence-corrected chi connectivity index (χ0v) is 9.45. The van der Waals surface area contributed by atoms with E-state index in [1.807, 2.05) is 31.2 Å². The van der Waals surface area contributed by atoms with Gasteiger partial charge in [-0.05, 0) is 30.5 Å². The molecule has 0 radical (unpaired) electrons. The lowest BCUT2D eigenvalue weighted by Crippen LogP contribution is -2.10. The first kappa shape index (κ1) is 11.8. The SMILES string of the molecule is CCCC(=O)COc1ccc(CC)cc1. The molecular formula is C13H18O2. The summed E-state index contributed by atoms with van der Waals surface area (Å²) in [5.74, 6) is 0.939. The van der Waals surface area contributed by atoms with Crippen LogP contribution in [-0.4, -0.2) is 12.4 Å². The number of hydrogen-bond donors (Lipinski definition) is 0. The van der Waals surface area contributed by atoms with Gasteiger partial charge in [-0.1, -0.05) is 26.0 Å². The summed E-state index contributed by atoms with van der Waals surface area (Å²) in [6.45, 7) is 4.30. The van der Waals surface area contributed by atoms with Crippen molar-refractivity contribution < 1.29 is 9.53 Å². The first-order valence-electron chi connectivity index (χ1n) is 5.49. The van der Waals surface area contributed by atoms with Crippen molar-refractivity contribution >= 4 is 5.78 Å². The maximum atomic E-state index is 11.2. The Morgan fingerprint density at radius 3 is 2.40 bits per heavy atom. The number of ether oxygens (including phenoxy) is 1. The highest BCUT2D eigenvalue weighted by molar-refractivity contribution is 5.79. The number of Topliss-reactive ketones (excluding diaryl/α,β-unsaturated/α-hetero) is 1. The van der Waals surface area contributed by atoms with Crippen LogP contribution in [0.25, 0.3) is 0 Å². The van der Waals surface area contributed by atoms with E-state index in [1.54, 1.807) is 0 Å². The van der Waals surface area contributed by atoms with E-state index in [2.05, 4.69) is 6.92 Å². The monoisotopic (exact) mass is 206 g/mol. The van der Waals surface area contributed by atoms with E-state index >= 15 is 0 Å². The average Bonchev–Trinajstić information content (AvgIpc) is 2.27. The first-order chi connectivity index (χ1) is 7.26. The lowest BCUT2D eigenvalue weighted by molar-refractivity contribution is -0.121. The van der Waals surface area contributed by atoms with Gasteiger partial charge < -0.3 is 4.74 Å². The normalized spacial score (nSPS) is 10.0. The van der Waals surface area contributed by atoms with Crippen LogP contribution >= 0.6 is 0 Å². The lowest BCUT2D eigenvalue weighted by atomic mass is 10.2. The molecule has 0 aliphatic heterocycles. The molecule has 2 heteroatoms. The number of carbonyl (C=O) groups excluding carboxylic acids is 1. The van der Waals surface area contributed by atoms with E-state index in [0.29, 0.717) is 6.42 Å². The molecule has 0 unspecified atom stereocenters. The van der Waals surface area contributed by atoms with Crippen molar-refractivity contribution in [1.29, 1.82) is 0 Å². The first-order valence-corrected chi connectivity index (χ1v) is 5.49. The smallest absolute Gasteiger partial charge is 0.170 e. The molecule has 1 rings (SSSR count). The molecule has 0 saturated carbocycles. The van der Waals surface area contributed by atoms with Crippen molar-refractivity contribution in [3.8, 4) is 5.75 Å². The van der Waals surface area contributed by atoms with Crippen molar-refractivity contribution in [3.63, 3.8) is 0 Å². The van der Waals surface area contributed by atoms with E-state index in [9.17, 15) is 4.79 Å². The largest absolute Gasteiger partial charge is 0.486 e. The minimum atomic E-state index is 0.164. The third-order valence-corrected chi connectivity index (χ3v) is 2.26. The molecule has 1 aromatic rings. The highest BCUT2D eigenvalue weighted by atomic mass is 16.5. The third-order valence-electron chi connectivity index (χ3n) is 2.26. The van der Waals surface area contributed by atoms with Gasteiger partial charge in [0.25, 0.3) is 0 Å². The summed E-state index contributed by atoms with van der Waals surface area (Å²) in [5.41, 5.74) is 1.28. The van der Waals surface area contributed by atoms with Gasteiger partial charge in [0.1, 0.15) is 12.4 Å². The fourth-order valence-electron chi connectivity index (χ4n) is 1.34. The molecule has 0 spiro atoms. The van der Waals surface area contributed by atoms with E-state index < -0.39 is 0 Å². The summed E-state index contributed by atoms with van der Waals surface area (Å²) in [4.78, 5) is 11.2. The van der Waals surface area contributed by atoms with Gasteiger partial charge in [0.05, 0.1) is 0 Å². The molecule has 0 saturated heterocycles. The van der Waals surface area contributed by atoms with Crippen LogP contribution in [0.3, 0.4) is 0 Å². The van der Waals surface area contributed by atoms with Crippen LogP contribution in [0.15, 0.2) is 24.3 Å². The van der Waals surface area contributed by atoms with Crippen LogP contribution in [0.4, 0.5) is 0 Å². The molecule has 0 aromatic heterocycles. The summed E-state index contributed by atoms with van der Waals surface area (Å²) in [6, 6.07) is 7.88. The topological polar surface area (TPSA) is 26.3 Å². The summed E-state index contributed by atoms with van der Waals surface area (Å²) in [5, 5.41) is 0. The Morgan fingerprint density at radius 2 is 1.87 bits per heavy atom. The fraction of sp³-hybridized carbons (Fsp3) is 0.462. The van der Waals surface area contributed by atoms with Crippen molar-refractivity contribution in [3.05, 3.63) is 29.8 Å². The molecule has 15 heavy (non-hydrogen) atoms. The molecule has 0 fully saturated rings. The summed E-state index contributed by atoms with van der Waals surface area (Å²) >= 11 is 0. The Morgan fingerprint density at radius 1 is 1.20 bits per heavy atom. The second kappa shape index (κ2) is 6.23. The summed E-state index contributed by atoms with van der Waals surface area (Å²) in [7, 11) is 0.